The number of fused-ring (bicyclic) bond motifs is 1. The lowest BCUT2D eigenvalue weighted by Crippen LogP contribution is -2.39. The molecule has 2 N–H and O–H groups in total. The molecule has 0 fully saturated rings. The lowest BCUT2D eigenvalue weighted by molar-refractivity contribution is -0.127. The molecule has 0 aliphatic heterocycles. The SMILES string of the molecule is CCNC(=NCC(=O)N(C)C)NCCCc1nnc2ccccn12. The number of hydrogen-bond donors (Lipinski definition) is 2. The Morgan fingerprint density at radius 3 is 2.88 bits per heavy atom. The molecule has 8 nitrogen and oxygen atoms in total. The molecule has 0 saturated heterocycles. The number of guanidine groups is 1. The van der Waals surface area contributed by atoms with Crippen molar-refractivity contribution in [2.45, 2.75) is 19.8 Å². The number of hydrogen-bond acceptors (Lipinski definition) is 4. The van der Waals surface area contributed by atoms with E-state index in [0.717, 1.165) is 37.4 Å². The van der Waals surface area contributed by atoms with Gasteiger partial charge in [-0.25, -0.2) is 4.99 Å². The summed E-state index contributed by atoms with van der Waals surface area (Å²) in [5.74, 6) is 1.57. The quantitative estimate of drug-likeness (QED) is 0.433. The second kappa shape index (κ2) is 8.85. The van der Waals surface area contributed by atoms with Gasteiger partial charge in [-0.2, -0.15) is 0 Å². The first kappa shape index (κ1) is 17.7. The normalized spacial score (nSPS) is 11.5. The van der Waals surface area contributed by atoms with Crippen molar-refractivity contribution in [2.75, 3.05) is 33.7 Å². The third-order valence-corrected chi connectivity index (χ3v) is 3.47. The number of likely N-dealkylation sites (N-methyl/N-ethyl adjacent to an activating group) is 1. The Bertz CT molecular complexity index is 693. The van der Waals surface area contributed by atoms with Gasteiger partial charge in [-0.3, -0.25) is 9.20 Å². The number of carbonyl (C=O) groups is 1. The first-order valence-electron chi connectivity index (χ1n) is 8.12. The van der Waals surface area contributed by atoms with E-state index in [0.29, 0.717) is 5.96 Å². The van der Waals surface area contributed by atoms with Gasteiger partial charge in [0.15, 0.2) is 11.6 Å². The largest absolute Gasteiger partial charge is 0.357 e. The third-order valence-electron chi connectivity index (χ3n) is 3.47. The summed E-state index contributed by atoms with van der Waals surface area (Å²) in [5.41, 5.74) is 0.859. The maximum absolute atomic E-state index is 11.6. The van der Waals surface area contributed by atoms with Crippen molar-refractivity contribution in [1.29, 1.82) is 0 Å². The van der Waals surface area contributed by atoms with Crippen molar-refractivity contribution in [1.82, 2.24) is 30.1 Å². The molecule has 24 heavy (non-hydrogen) atoms. The van der Waals surface area contributed by atoms with Gasteiger partial charge in [-0.1, -0.05) is 6.07 Å². The first-order chi connectivity index (χ1) is 11.6. The van der Waals surface area contributed by atoms with Crippen LogP contribution >= 0.6 is 0 Å². The lowest BCUT2D eigenvalue weighted by Gasteiger charge is -2.12. The lowest BCUT2D eigenvalue weighted by atomic mass is 10.3. The molecule has 0 bridgehead atoms. The fourth-order valence-electron chi connectivity index (χ4n) is 2.14. The van der Waals surface area contributed by atoms with Crippen molar-refractivity contribution in [3.8, 4) is 0 Å². The van der Waals surface area contributed by atoms with E-state index in [9.17, 15) is 4.79 Å². The second-order valence-corrected chi connectivity index (χ2v) is 5.56. The number of rotatable bonds is 7. The second-order valence-electron chi connectivity index (χ2n) is 5.56. The molecule has 0 aliphatic rings. The van der Waals surface area contributed by atoms with Gasteiger partial charge < -0.3 is 15.5 Å². The van der Waals surface area contributed by atoms with E-state index in [1.54, 1.807) is 14.1 Å². The average Bonchev–Trinajstić information content (AvgIpc) is 2.99. The highest BCUT2D eigenvalue weighted by Gasteiger charge is 2.06. The van der Waals surface area contributed by atoms with Crippen LogP contribution in [0.5, 0.6) is 0 Å². The zero-order valence-electron chi connectivity index (χ0n) is 14.5. The van der Waals surface area contributed by atoms with Gasteiger partial charge in [0.25, 0.3) is 0 Å². The molecule has 2 aromatic heterocycles. The third kappa shape index (κ3) is 4.94. The summed E-state index contributed by atoms with van der Waals surface area (Å²) in [6.07, 6.45) is 3.67. The summed E-state index contributed by atoms with van der Waals surface area (Å²) in [6.45, 7) is 3.62. The van der Waals surface area contributed by atoms with Crippen LogP contribution in [-0.4, -0.2) is 65.1 Å². The Morgan fingerprint density at radius 1 is 1.29 bits per heavy atom. The standard InChI is InChI=1S/C16H25N7O/c1-4-17-16(19-12-15(24)22(2)3)18-10-7-9-14-21-20-13-8-5-6-11-23(13)14/h5-6,8,11H,4,7,9-10,12H2,1-3H3,(H2,17,18,19). The van der Waals surface area contributed by atoms with Crippen LogP contribution in [0.15, 0.2) is 29.4 Å². The van der Waals surface area contributed by atoms with Crippen molar-refractivity contribution in [3.63, 3.8) is 0 Å². The summed E-state index contributed by atoms with van der Waals surface area (Å²) in [7, 11) is 3.45. The Balaban J connectivity index is 1.82. The smallest absolute Gasteiger partial charge is 0.243 e. The molecule has 2 heterocycles. The molecule has 2 aromatic rings. The Labute approximate surface area is 142 Å². The molecule has 0 aromatic carbocycles. The predicted molar refractivity (Wildman–Crippen MR) is 94.0 cm³/mol. The predicted octanol–water partition coefficient (Wildman–Crippen LogP) is 0.305. The molecular weight excluding hydrogens is 306 g/mol. The van der Waals surface area contributed by atoms with Crippen molar-refractivity contribution < 1.29 is 4.79 Å². The minimum absolute atomic E-state index is 0.0258. The summed E-state index contributed by atoms with van der Waals surface area (Å²) in [5, 5.41) is 14.7. The molecule has 0 spiro atoms. The average molecular weight is 331 g/mol. The van der Waals surface area contributed by atoms with Crippen LogP contribution in [0.3, 0.4) is 0 Å². The zero-order chi connectivity index (χ0) is 17.4. The molecule has 130 valence electrons. The summed E-state index contributed by atoms with van der Waals surface area (Å²) < 4.78 is 2.00. The minimum Gasteiger partial charge on any atom is -0.357 e. The minimum atomic E-state index is -0.0258. The Morgan fingerprint density at radius 2 is 2.12 bits per heavy atom. The Hall–Kier alpha value is -2.64. The maximum atomic E-state index is 11.6. The highest BCUT2D eigenvalue weighted by atomic mass is 16.2. The molecule has 1 amide bonds. The monoisotopic (exact) mass is 331 g/mol. The van der Waals surface area contributed by atoms with E-state index < -0.39 is 0 Å². The number of carbonyl (C=O) groups excluding carboxylic acids is 1. The fraction of sp³-hybridized carbons (Fsp3) is 0.500. The maximum Gasteiger partial charge on any atom is 0.243 e. The van der Waals surface area contributed by atoms with Crippen LogP contribution in [0.4, 0.5) is 0 Å². The van der Waals surface area contributed by atoms with Gasteiger partial charge >= 0.3 is 0 Å². The van der Waals surface area contributed by atoms with Gasteiger partial charge in [0, 0.05) is 39.8 Å². The van der Waals surface area contributed by atoms with E-state index in [1.165, 1.54) is 4.90 Å². The molecule has 0 radical (unpaired) electrons. The van der Waals surface area contributed by atoms with E-state index in [1.807, 2.05) is 35.7 Å². The summed E-state index contributed by atoms with van der Waals surface area (Å²) >= 11 is 0. The van der Waals surface area contributed by atoms with Crippen LogP contribution in [0, 0.1) is 0 Å². The summed E-state index contributed by atoms with van der Waals surface area (Å²) in [6, 6.07) is 5.85. The molecule has 2 rings (SSSR count). The number of nitrogens with one attached hydrogen (secondary N) is 2. The van der Waals surface area contributed by atoms with Crippen molar-refractivity contribution in [2.24, 2.45) is 4.99 Å². The number of aryl methyl sites for hydroxylation is 1. The molecule has 0 saturated carbocycles. The van der Waals surface area contributed by atoms with Gasteiger partial charge in [0.2, 0.25) is 5.91 Å². The molecule has 0 atom stereocenters. The fourth-order valence-corrected chi connectivity index (χ4v) is 2.14. The molecule has 0 aliphatic carbocycles. The molecule has 8 heteroatoms. The van der Waals surface area contributed by atoms with E-state index in [4.69, 9.17) is 0 Å². The molecular formula is C16H25N7O. The van der Waals surface area contributed by atoms with Crippen molar-refractivity contribution >= 4 is 17.5 Å². The van der Waals surface area contributed by atoms with E-state index in [-0.39, 0.29) is 12.5 Å². The Kier molecular flexibility index (Phi) is 6.53. The highest BCUT2D eigenvalue weighted by Crippen LogP contribution is 2.04. The van der Waals surface area contributed by atoms with E-state index >= 15 is 0 Å². The topological polar surface area (TPSA) is 86.9 Å². The van der Waals surface area contributed by atoms with Crippen LogP contribution in [-0.2, 0) is 11.2 Å². The first-order valence-corrected chi connectivity index (χ1v) is 8.12. The molecule has 0 unspecified atom stereocenters. The van der Waals surface area contributed by atoms with Gasteiger partial charge in [-0.15, -0.1) is 10.2 Å². The number of amides is 1. The zero-order valence-corrected chi connectivity index (χ0v) is 14.5. The van der Waals surface area contributed by atoms with Crippen molar-refractivity contribution in [3.05, 3.63) is 30.2 Å². The van der Waals surface area contributed by atoms with Gasteiger partial charge in [0.05, 0.1) is 0 Å². The highest BCUT2D eigenvalue weighted by molar-refractivity contribution is 5.84. The number of aliphatic imine (C=N–C) groups is 1. The number of nitrogens with zero attached hydrogens (tertiary/aromatic N) is 5. The van der Waals surface area contributed by atoms with Crippen LogP contribution < -0.4 is 10.6 Å². The van der Waals surface area contributed by atoms with Crippen LogP contribution in [0.2, 0.25) is 0 Å². The van der Waals surface area contributed by atoms with Gasteiger partial charge in [-0.05, 0) is 25.5 Å². The van der Waals surface area contributed by atoms with Crippen LogP contribution in [0.1, 0.15) is 19.2 Å². The number of pyridine rings is 1. The van der Waals surface area contributed by atoms with E-state index in [2.05, 4.69) is 25.8 Å². The van der Waals surface area contributed by atoms with Gasteiger partial charge in [0.1, 0.15) is 12.4 Å². The number of aromatic nitrogens is 3. The van der Waals surface area contributed by atoms with Crippen LogP contribution in [0.25, 0.3) is 5.65 Å². The summed E-state index contributed by atoms with van der Waals surface area (Å²) in [4.78, 5) is 17.4.